The van der Waals surface area contributed by atoms with E-state index in [4.69, 9.17) is 0 Å². The molecule has 0 saturated carbocycles. The molecule has 0 unspecified atom stereocenters. The van der Waals surface area contributed by atoms with E-state index in [1.54, 1.807) is 18.7 Å². The van der Waals surface area contributed by atoms with Crippen LogP contribution in [0.3, 0.4) is 0 Å². The average Bonchev–Trinajstić information content (AvgIpc) is 2.80. The molecule has 1 aliphatic heterocycles. The lowest BCUT2D eigenvalue weighted by Gasteiger charge is -2.18. The SMILES string of the molecule is C[C@H](COCC(F)(F)F)NC(=O)[C@@H]1CSc2ccccc21. The van der Waals surface area contributed by atoms with Gasteiger partial charge in [0.25, 0.3) is 0 Å². The smallest absolute Gasteiger partial charge is 0.370 e. The Morgan fingerprint density at radius 1 is 1.48 bits per heavy atom. The lowest BCUT2D eigenvalue weighted by atomic mass is 10.0. The molecular weight excluding hydrogens is 303 g/mol. The molecule has 1 amide bonds. The summed E-state index contributed by atoms with van der Waals surface area (Å²) >= 11 is 1.61. The van der Waals surface area contributed by atoms with Gasteiger partial charge in [0, 0.05) is 16.7 Å². The van der Waals surface area contributed by atoms with Crippen LogP contribution in [0, 0.1) is 0 Å². The number of carbonyl (C=O) groups is 1. The molecule has 0 aliphatic carbocycles. The van der Waals surface area contributed by atoms with Crippen molar-refractivity contribution < 1.29 is 22.7 Å². The lowest BCUT2D eigenvalue weighted by molar-refractivity contribution is -0.175. The van der Waals surface area contributed by atoms with Crippen molar-refractivity contribution in [3.63, 3.8) is 0 Å². The van der Waals surface area contributed by atoms with Crippen molar-refractivity contribution in [2.75, 3.05) is 19.0 Å². The van der Waals surface area contributed by atoms with E-state index in [9.17, 15) is 18.0 Å². The second kappa shape index (κ2) is 6.70. The molecule has 21 heavy (non-hydrogen) atoms. The fraction of sp³-hybridized carbons (Fsp3) is 0.500. The largest absolute Gasteiger partial charge is 0.411 e. The summed E-state index contributed by atoms with van der Waals surface area (Å²) in [5.74, 6) is 0.230. The van der Waals surface area contributed by atoms with Gasteiger partial charge in [0.05, 0.1) is 12.5 Å². The van der Waals surface area contributed by atoms with Gasteiger partial charge < -0.3 is 10.1 Å². The van der Waals surface area contributed by atoms with Crippen molar-refractivity contribution in [1.82, 2.24) is 5.32 Å². The summed E-state index contributed by atoms with van der Waals surface area (Å²) in [6.45, 7) is 0.171. The Hall–Kier alpha value is -1.21. The van der Waals surface area contributed by atoms with Gasteiger partial charge in [-0.2, -0.15) is 13.2 Å². The molecule has 0 saturated heterocycles. The van der Waals surface area contributed by atoms with Crippen LogP contribution in [0.4, 0.5) is 13.2 Å². The van der Waals surface area contributed by atoms with Crippen LogP contribution in [0.1, 0.15) is 18.4 Å². The van der Waals surface area contributed by atoms with Crippen molar-refractivity contribution in [2.24, 2.45) is 0 Å². The van der Waals surface area contributed by atoms with E-state index >= 15 is 0 Å². The zero-order valence-electron chi connectivity index (χ0n) is 11.4. The van der Waals surface area contributed by atoms with Gasteiger partial charge in [-0.25, -0.2) is 0 Å². The number of carbonyl (C=O) groups excluding carboxylic acids is 1. The normalized spacial score (nSPS) is 19.1. The van der Waals surface area contributed by atoms with Crippen LogP contribution < -0.4 is 5.32 Å². The molecule has 1 aromatic rings. The second-order valence-electron chi connectivity index (χ2n) is 4.94. The van der Waals surface area contributed by atoms with Gasteiger partial charge in [-0.3, -0.25) is 4.79 Å². The number of halogens is 3. The molecule has 7 heteroatoms. The molecule has 1 heterocycles. The van der Waals surface area contributed by atoms with Crippen LogP contribution in [0.2, 0.25) is 0 Å². The van der Waals surface area contributed by atoms with Gasteiger partial charge in [-0.15, -0.1) is 11.8 Å². The number of alkyl halides is 3. The maximum Gasteiger partial charge on any atom is 0.411 e. The van der Waals surface area contributed by atoms with Gasteiger partial charge in [0.1, 0.15) is 6.61 Å². The number of hydrogen-bond acceptors (Lipinski definition) is 3. The third-order valence-electron chi connectivity index (χ3n) is 3.04. The number of nitrogens with one attached hydrogen (secondary N) is 1. The second-order valence-corrected chi connectivity index (χ2v) is 6.00. The summed E-state index contributed by atoms with van der Waals surface area (Å²) in [7, 11) is 0. The van der Waals surface area contributed by atoms with Crippen LogP contribution in [0.15, 0.2) is 29.2 Å². The molecule has 0 aromatic heterocycles. The highest BCUT2D eigenvalue weighted by Crippen LogP contribution is 2.39. The highest BCUT2D eigenvalue weighted by molar-refractivity contribution is 7.99. The Balaban J connectivity index is 1.82. The number of rotatable bonds is 5. The fourth-order valence-corrected chi connectivity index (χ4v) is 3.35. The standard InChI is InChI=1S/C14H16F3NO2S/c1-9(6-20-8-14(15,16)17)18-13(19)11-7-21-12-5-3-2-4-10(11)12/h2-5,9,11H,6-8H2,1H3,(H,18,19)/t9-,11-/m1/s1. The van der Waals surface area contributed by atoms with Crippen molar-refractivity contribution in [3.8, 4) is 0 Å². The first-order valence-electron chi connectivity index (χ1n) is 6.53. The third-order valence-corrected chi connectivity index (χ3v) is 4.22. The number of thioether (sulfide) groups is 1. The highest BCUT2D eigenvalue weighted by atomic mass is 32.2. The molecule has 0 radical (unpaired) electrons. The van der Waals surface area contributed by atoms with E-state index in [1.807, 2.05) is 24.3 Å². The van der Waals surface area contributed by atoms with Crippen LogP contribution in [0.25, 0.3) is 0 Å². The molecule has 0 spiro atoms. The average molecular weight is 319 g/mol. The number of ether oxygens (including phenoxy) is 1. The van der Waals surface area contributed by atoms with E-state index in [1.165, 1.54) is 0 Å². The molecule has 2 rings (SSSR count). The number of fused-ring (bicyclic) bond motifs is 1. The molecule has 3 nitrogen and oxygen atoms in total. The topological polar surface area (TPSA) is 38.3 Å². The minimum atomic E-state index is -4.34. The summed E-state index contributed by atoms with van der Waals surface area (Å²) in [5.41, 5.74) is 0.975. The number of hydrogen-bond donors (Lipinski definition) is 1. The molecule has 0 fully saturated rings. The van der Waals surface area contributed by atoms with Crippen molar-refractivity contribution >= 4 is 17.7 Å². The van der Waals surface area contributed by atoms with Crippen LogP contribution in [0.5, 0.6) is 0 Å². The predicted octanol–water partition coefficient (Wildman–Crippen LogP) is 2.96. The Morgan fingerprint density at radius 3 is 2.90 bits per heavy atom. The summed E-state index contributed by atoms with van der Waals surface area (Å²) in [4.78, 5) is 13.3. The first kappa shape index (κ1) is 16.2. The zero-order chi connectivity index (χ0) is 15.5. The van der Waals surface area contributed by atoms with Crippen molar-refractivity contribution in [1.29, 1.82) is 0 Å². The van der Waals surface area contributed by atoms with Crippen LogP contribution >= 0.6 is 11.8 Å². The van der Waals surface area contributed by atoms with E-state index in [2.05, 4.69) is 10.1 Å². The molecular formula is C14H16F3NO2S. The highest BCUT2D eigenvalue weighted by Gasteiger charge is 2.30. The van der Waals surface area contributed by atoms with Gasteiger partial charge in [-0.1, -0.05) is 18.2 Å². The van der Waals surface area contributed by atoms with Gasteiger partial charge in [0.15, 0.2) is 0 Å². The maximum absolute atomic E-state index is 12.2. The fourth-order valence-electron chi connectivity index (χ4n) is 2.12. The van der Waals surface area contributed by atoms with E-state index in [-0.39, 0.29) is 18.4 Å². The van der Waals surface area contributed by atoms with Gasteiger partial charge in [-0.05, 0) is 18.6 Å². The minimum Gasteiger partial charge on any atom is -0.370 e. The molecule has 116 valence electrons. The molecule has 1 aromatic carbocycles. The minimum absolute atomic E-state index is 0.160. The van der Waals surface area contributed by atoms with Gasteiger partial charge in [0.2, 0.25) is 5.91 Å². The van der Waals surface area contributed by atoms with E-state index in [0.717, 1.165) is 10.5 Å². The quantitative estimate of drug-likeness (QED) is 0.907. The molecule has 0 bridgehead atoms. The van der Waals surface area contributed by atoms with Gasteiger partial charge >= 0.3 is 6.18 Å². The summed E-state index contributed by atoms with van der Waals surface area (Å²) < 4.78 is 40.4. The summed E-state index contributed by atoms with van der Waals surface area (Å²) in [5, 5.41) is 2.70. The van der Waals surface area contributed by atoms with Crippen LogP contribution in [-0.4, -0.2) is 37.1 Å². The molecule has 1 N–H and O–H groups in total. The van der Waals surface area contributed by atoms with Crippen molar-refractivity contribution in [2.45, 2.75) is 30.0 Å². The maximum atomic E-state index is 12.2. The lowest BCUT2D eigenvalue weighted by Crippen LogP contribution is -2.39. The van der Waals surface area contributed by atoms with E-state index in [0.29, 0.717) is 5.75 Å². The Labute approximate surface area is 125 Å². The predicted molar refractivity (Wildman–Crippen MR) is 74.4 cm³/mol. The zero-order valence-corrected chi connectivity index (χ0v) is 12.3. The van der Waals surface area contributed by atoms with Crippen molar-refractivity contribution in [3.05, 3.63) is 29.8 Å². The Morgan fingerprint density at radius 2 is 2.19 bits per heavy atom. The third kappa shape index (κ3) is 4.64. The first-order valence-corrected chi connectivity index (χ1v) is 7.52. The number of benzene rings is 1. The monoisotopic (exact) mass is 319 g/mol. The number of amides is 1. The molecule has 1 aliphatic rings. The van der Waals surface area contributed by atoms with E-state index < -0.39 is 18.8 Å². The Bertz CT molecular complexity index is 507. The Kier molecular flexibility index (Phi) is 5.16. The summed E-state index contributed by atoms with van der Waals surface area (Å²) in [6, 6.07) is 7.20. The summed E-state index contributed by atoms with van der Waals surface area (Å²) in [6.07, 6.45) is -4.34. The van der Waals surface area contributed by atoms with Crippen LogP contribution in [-0.2, 0) is 9.53 Å². The molecule has 2 atom stereocenters. The first-order chi connectivity index (χ1) is 9.87.